The van der Waals surface area contributed by atoms with Gasteiger partial charge in [-0.25, -0.2) is 13.1 Å². The predicted octanol–water partition coefficient (Wildman–Crippen LogP) is 5.97. The van der Waals surface area contributed by atoms with Crippen LogP contribution in [0.2, 0.25) is 0 Å². The van der Waals surface area contributed by atoms with Crippen molar-refractivity contribution in [3.8, 4) is 5.69 Å². The summed E-state index contributed by atoms with van der Waals surface area (Å²) in [5.41, 5.74) is 2.78. The lowest BCUT2D eigenvalue weighted by atomic mass is 10.1. The summed E-state index contributed by atoms with van der Waals surface area (Å²) in [6.45, 7) is 3.72. The van der Waals surface area contributed by atoms with Crippen LogP contribution in [0, 0.1) is 17.0 Å². The number of rotatable bonds is 9. The molecule has 5 rings (SSSR count). The second kappa shape index (κ2) is 11.0. The zero-order valence-electron chi connectivity index (χ0n) is 21.2. The number of nitro groups is 1. The van der Waals surface area contributed by atoms with E-state index in [-0.39, 0.29) is 10.6 Å². The minimum Gasteiger partial charge on any atom is -0.273 e. The number of fused-ring (bicyclic) bond motifs is 1. The van der Waals surface area contributed by atoms with E-state index in [1.165, 1.54) is 23.9 Å². The van der Waals surface area contributed by atoms with Crippen molar-refractivity contribution in [2.24, 2.45) is 0 Å². The van der Waals surface area contributed by atoms with E-state index in [0.717, 1.165) is 21.9 Å². The SMILES string of the molecule is Cc1cccc(CSc2nnc(C(C)NS(=O)(=O)c3ccc4ccccc4c3)n2-c2ccc([N+](=O)[O-])cc2)c1. The molecule has 0 saturated carbocycles. The molecule has 11 heteroatoms. The molecule has 1 atom stereocenters. The molecular weight excluding hydrogens is 534 g/mol. The number of nitrogens with one attached hydrogen (secondary N) is 1. The Morgan fingerprint density at radius 1 is 0.949 bits per heavy atom. The molecule has 0 aliphatic carbocycles. The van der Waals surface area contributed by atoms with E-state index in [1.54, 1.807) is 41.8 Å². The van der Waals surface area contributed by atoms with Crippen LogP contribution in [-0.4, -0.2) is 28.1 Å². The number of nitrogens with zero attached hydrogens (tertiary/aromatic N) is 4. The van der Waals surface area contributed by atoms with Gasteiger partial charge in [-0.15, -0.1) is 10.2 Å². The molecule has 4 aromatic carbocycles. The molecule has 1 unspecified atom stereocenters. The van der Waals surface area contributed by atoms with Crippen molar-refractivity contribution in [1.29, 1.82) is 0 Å². The van der Waals surface area contributed by atoms with E-state index in [1.807, 2.05) is 49.4 Å². The number of sulfonamides is 1. The molecule has 0 saturated heterocycles. The summed E-state index contributed by atoms with van der Waals surface area (Å²) in [5.74, 6) is 0.976. The highest BCUT2D eigenvalue weighted by atomic mass is 32.2. The maximum atomic E-state index is 13.3. The zero-order valence-corrected chi connectivity index (χ0v) is 22.8. The molecule has 0 bridgehead atoms. The van der Waals surface area contributed by atoms with E-state index in [0.29, 0.717) is 22.4 Å². The fraction of sp³-hybridized carbons (Fsp3) is 0.143. The molecule has 0 fully saturated rings. The summed E-state index contributed by atoms with van der Waals surface area (Å²) in [5, 5.41) is 22.2. The van der Waals surface area contributed by atoms with Gasteiger partial charge in [0.2, 0.25) is 10.0 Å². The van der Waals surface area contributed by atoms with E-state index >= 15 is 0 Å². The van der Waals surface area contributed by atoms with Crippen LogP contribution in [0.4, 0.5) is 5.69 Å². The van der Waals surface area contributed by atoms with Gasteiger partial charge in [-0.2, -0.15) is 0 Å². The molecule has 0 radical (unpaired) electrons. The molecular formula is C28H25N5O4S2. The summed E-state index contributed by atoms with van der Waals surface area (Å²) in [7, 11) is -3.89. The van der Waals surface area contributed by atoms with Crippen molar-refractivity contribution in [1.82, 2.24) is 19.5 Å². The molecule has 9 nitrogen and oxygen atoms in total. The smallest absolute Gasteiger partial charge is 0.269 e. The summed E-state index contributed by atoms with van der Waals surface area (Å²) < 4.78 is 31.1. The lowest BCUT2D eigenvalue weighted by Gasteiger charge is -2.17. The van der Waals surface area contributed by atoms with Gasteiger partial charge in [-0.05, 0) is 54.4 Å². The van der Waals surface area contributed by atoms with Crippen molar-refractivity contribution < 1.29 is 13.3 Å². The van der Waals surface area contributed by atoms with E-state index in [9.17, 15) is 18.5 Å². The van der Waals surface area contributed by atoms with E-state index in [4.69, 9.17) is 0 Å². The number of nitro benzene ring substituents is 1. The summed E-state index contributed by atoms with van der Waals surface area (Å²) in [4.78, 5) is 10.9. The molecule has 1 heterocycles. The highest BCUT2D eigenvalue weighted by Gasteiger charge is 2.25. The van der Waals surface area contributed by atoms with Crippen LogP contribution in [0.1, 0.15) is 29.9 Å². The van der Waals surface area contributed by atoms with Gasteiger partial charge in [0.1, 0.15) is 0 Å². The van der Waals surface area contributed by atoms with Crippen LogP contribution >= 0.6 is 11.8 Å². The lowest BCUT2D eigenvalue weighted by Crippen LogP contribution is -2.28. The first-order valence-corrected chi connectivity index (χ1v) is 14.6. The average Bonchev–Trinajstić information content (AvgIpc) is 3.36. The van der Waals surface area contributed by atoms with Crippen LogP contribution in [0.5, 0.6) is 0 Å². The number of non-ortho nitro benzene ring substituents is 1. The van der Waals surface area contributed by atoms with E-state index < -0.39 is 21.0 Å². The van der Waals surface area contributed by atoms with Gasteiger partial charge in [0.15, 0.2) is 11.0 Å². The van der Waals surface area contributed by atoms with Crippen molar-refractivity contribution in [2.75, 3.05) is 0 Å². The quantitative estimate of drug-likeness (QED) is 0.134. The third-order valence-corrected chi connectivity index (χ3v) is 8.72. The lowest BCUT2D eigenvalue weighted by molar-refractivity contribution is -0.384. The molecule has 0 amide bonds. The first kappa shape index (κ1) is 26.5. The first-order valence-electron chi connectivity index (χ1n) is 12.1. The molecule has 1 N–H and O–H groups in total. The second-order valence-electron chi connectivity index (χ2n) is 9.08. The number of hydrogen-bond acceptors (Lipinski definition) is 7. The van der Waals surface area contributed by atoms with Gasteiger partial charge in [-0.1, -0.05) is 71.9 Å². The molecule has 198 valence electrons. The Morgan fingerprint density at radius 2 is 1.69 bits per heavy atom. The molecule has 0 aliphatic rings. The van der Waals surface area contributed by atoms with Gasteiger partial charge in [0, 0.05) is 23.6 Å². The van der Waals surface area contributed by atoms with Crippen LogP contribution in [0.15, 0.2) is 101 Å². The standard InChI is InChI=1S/C28H25N5O4S2/c1-19-6-5-7-21(16-19)18-38-28-30-29-27(32(28)24-11-13-25(14-12-24)33(34)35)20(2)31-39(36,37)26-15-10-22-8-3-4-9-23(22)17-26/h3-17,20,31H,18H2,1-2H3. The number of hydrogen-bond donors (Lipinski definition) is 1. The molecule has 39 heavy (non-hydrogen) atoms. The number of aromatic nitrogens is 3. The Morgan fingerprint density at radius 3 is 2.41 bits per heavy atom. The largest absolute Gasteiger partial charge is 0.273 e. The van der Waals surface area contributed by atoms with Crippen molar-refractivity contribution in [3.05, 3.63) is 118 Å². The third-order valence-electron chi connectivity index (χ3n) is 6.18. The maximum Gasteiger partial charge on any atom is 0.269 e. The topological polar surface area (TPSA) is 120 Å². The van der Waals surface area contributed by atoms with Crippen LogP contribution in [0.3, 0.4) is 0 Å². The predicted molar refractivity (Wildman–Crippen MR) is 151 cm³/mol. The minimum absolute atomic E-state index is 0.0487. The average molecular weight is 560 g/mol. The van der Waals surface area contributed by atoms with Crippen molar-refractivity contribution in [3.63, 3.8) is 0 Å². The summed E-state index contributed by atoms with van der Waals surface area (Å²) in [6, 6.07) is 25.9. The Balaban J connectivity index is 1.48. The van der Waals surface area contributed by atoms with Gasteiger partial charge < -0.3 is 0 Å². The normalized spacial score (nSPS) is 12.5. The Bertz CT molecular complexity index is 1770. The minimum atomic E-state index is -3.89. The highest BCUT2D eigenvalue weighted by molar-refractivity contribution is 7.98. The Hall–Kier alpha value is -4.06. The summed E-state index contributed by atoms with van der Waals surface area (Å²) in [6.07, 6.45) is 0. The van der Waals surface area contributed by atoms with Crippen LogP contribution in [0.25, 0.3) is 16.5 Å². The van der Waals surface area contributed by atoms with Gasteiger partial charge in [0.05, 0.1) is 15.9 Å². The number of benzene rings is 4. The van der Waals surface area contributed by atoms with Crippen molar-refractivity contribution in [2.45, 2.75) is 35.7 Å². The monoisotopic (exact) mass is 559 g/mol. The molecule has 0 spiro atoms. The summed E-state index contributed by atoms with van der Waals surface area (Å²) >= 11 is 1.45. The van der Waals surface area contributed by atoms with Crippen molar-refractivity contribution >= 4 is 38.2 Å². The van der Waals surface area contributed by atoms with Gasteiger partial charge in [0.25, 0.3) is 5.69 Å². The molecule has 0 aliphatic heterocycles. The first-order chi connectivity index (χ1) is 18.7. The highest BCUT2D eigenvalue weighted by Crippen LogP contribution is 2.29. The zero-order chi connectivity index (χ0) is 27.6. The molecule has 1 aromatic heterocycles. The third kappa shape index (κ3) is 5.85. The maximum absolute atomic E-state index is 13.3. The number of thioether (sulfide) groups is 1. The fourth-order valence-electron chi connectivity index (χ4n) is 4.26. The van der Waals surface area contributed by atoms with E-state index in [2.05, 4.69) is 21.0 Å². The van der Waals surface area contributed by atoms with Gasteiger partial charge >= 0.3 is 0 Å². The number of aryl methyl sites for hydroxylation is 1. The molecule has 5 aromatic rings. The van der Waals surface area contributed by atoms with Crippen LogP contribution < -0.4 is 4.72 Å². The van der Waals surface area contributed by atoms with Crippen LogP contribution in [-0.2, 0) is 15.8 Å². The Labute approximate surface area is 230 Å². The second-order valence-corrected chi connectivity index (χ2v) is 11.7. The fourth-order valence-corrected chi connectivity index (χ4v) is 6.40. The Kier molecular flexibility index (Phi) is 7.47. The van der Waals surface area contributed by atoms with Gasteiger partial charge in [-0.3, -0.25) is 14.7 Å².